The SMILES string of the molecule is NC(=S)Nc1nc2cc(C(F)(F)F)ccc2o1. The Bertz CT molecular complexity index is 578. The van der Waals surface area contributed by atoms with Gasteiger partial charge in [0, 0.05) is 0 Å². The first kappa shape index (κ1) is 11.6. The van der Waals surface area contributed by atoms with Gasteiger partial charge in [-0.1, -0.05) is 0 Å². The fourth-order valence-corrected chi connectivity index (χ4v) is 1.35. The van der Waals surface area contributed by atoms with Gasteiger partial charge in [0.2, 0.25) is 0 Å². The molecule has 2 aromatic rings. The van der Waals surface area contributed by atoms with Gasteiger partial charge in [-0.2, -0.15) is 18.2 Å². The van der Waals surface area contributed by atoms with Gasteiger partial charge >= 0.3 is 12.2 Å². The van der Waals surface area contributed by atoms with E-state index in [1.54, 1.807) is 0 Å². The Kier molecular flexibility index (Phi) is 2.66. The van der Waals surface area contributed by atoms with Gasteiger partial charge in [-0.25, -0.2) is 0 Å². The zero-order chi connectivity index (χ0) is 12.6. The number of alkyl halides is 3. The van der Waals surface area contributed by atoms with Gasteiger partial charge in [0.25, 0.3) is 0 Å². The van der Waals surface area contributed by atoms with Crippen molar-refractivity contribution >= 4 is 34.4 Å². The summed E-state index contributed by atoms with van der Waals surface area (Å²) in [6.45, 7) is 0. The van der Waals surface area contributed by atoms with Crippen LogP contribution in [0.15, 0.2) is 22.6 Å². The monoisotopic (exact) mass is 261 g/mol. The number of thiocarbonyl (C=S) groups is 1. The second-order valence-electron chi connectivity index (χ2n) is 3.19. The van der Waals surface area contributed by atoms with Gasteiger partial charge in [-0.3, -0.25) is 5.32 Å². The Labute approximate surface area is 98.6 Å². The number of fused-ring (bicyclic) bond motifs is 1. The molecular weight excluding hydrogens is 255 g/mol. The molecule has 0 fully saturated rings. The molecule has 3 N–H and O–H groups in total. The summed E-state index contributed by atoms with van der Waals surface area (Å²) in [4.78, 5) is 3.78. The standard InChI is InChI=1S/C9H6F3N3OS/c10-9(11,12)4-1-2-6-5(3-4)14-8(16-6)15-7(13)17/h1-3H,(H3,13,14,15,17). The highest BCUT2D eigenvalue weighted by molar-refractivity contribution is 7.80. The molecule has 0 spiro atoms. The summed E-state index contributed by atoms with van der Waals surface area (Å²) in [7, 11) is 0. The molecule has 0 atom stereocenters. The summed E-state index contributed by atoms with van der Waals surface area (Å²) in [6, 6.07) is 2.96. The zero-order valence-electron chi connectivity index (χ0n) is 8.21. The lowest BCUT2D eigenvalue weighted by atomic mass is 10.2. The van der Waals surface area contributed by atoms with Crippen LogP contribution in [0, 0.1) is 0 Å². The lowest BCUT2D eigenvalue weighted by molar-refractivity contribution is -0.137. The number of halogens is 3. The van der Waals surface area contributed by atoms with E-state index in [1.807, 2.05) is 0 Å². The number of benzene rings is 1. The third-order valence-electron chi connectivity index (χ3n) is 1.95. The second kappa shape index (κ2) is 3.88. The van der Waals surface area contributed by atoms with Crippen molar-refractivity contribution in [1.82, 2.24) is 4.98 Å². The van der Waals surface area contributed by atoms with Crippen molar-refractivity contribution in [1.29, 1.82) is 0 Å². The number of nitrogens with two attached hydrogens (primary N) is 1. The van der Waals surface area contributed by atoms with Crippen LogP contribution in [-0.2, 0) is 6.18 Å². The van der Waals surface area contributed by atoms with Crippen molar-refractivity contribution in [3.8, 4) is 0 Å². The molecule has 0 aliphatic carbocycles. The molecular formula is C9H6F3N3OS. The van der Waals surface area contributed by atoms with E-state index in [2.05, 4.69) is 22.5 Å². The number of rotatable bonds is 1. The third-order valence-corrected chi connectivity index (χ3v) is 2.05. The number of oxazole rings is 1. The summed E-state index contributed by atoms with van der Waals surface area (Å²) < 4.78 is 42.3. The maximum atomic E-state index is 12.4. The molecule has 0 radical (unpaired) electrons. The molecule has 0 saturated heterocycles. The van der Waals surface area contributed by atoms with Gasteiger partial charge in [-0.15, -0.1) is 0 Å². The number of anilines is 1. The summed E-state index contributed by atoms with van der Waals surface area (Å²) in [5.74, 6) is 0. The Balaban J connectivity index is 2.44. The minimum atomic E-state index is -4.41. The van der Waals surface area contributed by atoms with Gasteiger partial charge in [0.1, 0.15) is 5.52 Å². The Morgan fingerprint density at radius 1 is 1.41 bits per heavy atom. The lowest BCUT2D eigenvalue weighted by Gasteiger charge is -2.04. The minimum Gasteiger partial charge on any atom is -0.423 e. The van der Waals surface area contributed by atoms with Gasteiger partial charge in [0.15, 0.2) is 10.7 Å². The molecule has 2 rings (SSSR count). The maximum Gasteiger partial charge on any atom is 0.416 e. The number of hydrogen-bond donors (Lipinski definition) is 2. The molecule has 0 aliphatic rings. The topological polar surface area (TPSA) is 64.1 Å². The molecule has 17 heavy (non-hydrogen) atoms. The first-order chi connectivity index (χ1) is 7.86. The number of nitrogens with one attached hydrogen (secondary N) is 1. The summed E-state index contributed by atoms with van der Waals surface area (Å²) in [5.41, 5.74) is 4.70. The predicted molar refractivity (Wildman–Crippen MR) is 59.4 cm³/mol. The van der Waals surface area contributed by atoms with E-state index in [0.29, 0.717) is 0 Å². The molecule has 8 heteroatoms. The maximum absolute atomic E-state index is 12.4. The van der Waals surface area contributed by atoms with Crippen molar-refractivity contribution in [2.24, 2.45) is 5.73 Å². The van der Waals surface area contributed by atoms with Crippen molar-refractivity contribution < 1.29 is 17.6 Å². The quantitative estimate of drug-likeness (QED) is 0.772. The van der Waals surface area contributed by atoms with E-state index in [0.717, 1.165) is 12.1 Å². The average Bonchev–Trinajstić information content (AvgIpc) is 2.55. The lowest BCUT2D eigenvalue weighted by Crippen LogP contribution is -2.18. The Hall–Kier alpha value is -1.83. The summed E-state index contributed by atoms with van der Waals surface area (Å²) in [5, 5.41) is 2.33. The van der Waals surface area contributed by atoms with Crippen LogP contribution >= 0.6 is 12.2 Å². The highest BCUT2D eigenvalue weighted by atomic mass is 32.1. The van der Waals surface area contributed by atoms with Gasteiger partial charge < -0.3 is 10.2 Å². The molecule has 1 aromatic carbocycles. The summed E-state index contributed by atoms with van der Waals surface area (Å²) >= 11 is 4.55. The molecule has 1 aromatic heterocycles. The van der Waals surface area contributed by atoms with Crippen molar-refractivity contribution in [2.75, 3.05) is 5.32 Å². The Morgan fingerprint density at radius 2 is 2.12 bits per heavy atom. The van der Waals surface area contributed by atoms with Crippen LogP contribution < -0.4 is 11.1 Å². The van der Waals surface area contributed by atoms with Gasteiger partial charge in [0.05, 0.1) is 5.56 Å². The number of nitrogens with zero attached hydrogens (tertiary/aromatic N) is 1. The van der Waals surface area contributed by atoms with Crippen LogP contribution in [0.4, 0.5) is 19.2 Å². The van der Waals surface area contributed by atoms with Crippen LogP contribution in [0.1, 0.15) is 5.56 Å². The molecule has 0 amide bonds. The van der Waals surface area contributed by atoms with E-state index < -0.39 is 11.7 Å². The van der Waals surface area contributed by atoms with Crippen molar-refractivity contribution in [2.45, 2.75) is 6.18 Å². The molecule has 1 heterocycles. The highest BCUT2D eigenvalue weighted by Crippen LogP contribution is 2.31. The van der Waals surface area contributed by atoms with Crippen LogP contribution in [0.3, 0.4) is 0 Å². The fraction of sp³-hybridized carbons (Fsp3) is 0.111. The smallest absolute Gasteiger partial charge is 0.416 e. The van der Waals surface area contributed by atoms with Crippen molar-refractivity contribution in [3.63, 3.8) is 0 Å². The number of hydrogen-bond acceptors (Lipinski definition) is 3. The van der Waals surface area contributed by atoms with Crippen LogP contribution in [0.25, 0.3) is 11.1 Å². The zero-order valence-corrected chi connectivity index (χ0v) is 9.02. The van der Waals surface area contributed by atoms with E-state index >= 15 is 0 Å². The number of aromatic nitrogens is 1. The van der Waals surface area contributed by atoms with Crippen LogP contribution in [0.2, 0.25) is 0 Å². The van der Waals surface area contributed by atoms with E-state index in [9.17, 15) is 13.2 Å². The summed E-state index contributed by atoms with van der Waals surface area (Å²) in [6.07, 6.45) is -4.41. The van der Waals surface area contributed by atoms with E-state index in [1.165, 1.54) is 6.07 Å². The van der Waals surface area contributed by atoms with E-state index in [4.69, 9.17) is 10.2 Å². The van der Waals surface area contributed by atoms with Crippen LogP contribution in [0.5, 0.6) is 0 Å². The van der Waals surface area contributed by atoms with Gasteiger partial charge in [-0.05, 0) is 30.4 Å². The Morgan fingerprint density at radius 3 is 2.71 bits per heavy atom. The van der Waals surface area contributed by atoms with Crippen LogP contribution in [-0.4, -0.2) is 10.1 Å². The highest BCUT2D eigenvalue weighted by Gasteiger charge is 2.31. The molecule has 0 aliphatic heterocycles. The minimum absolute atomic E-state index is 0.0353. The molecule has 0 saturated carbocycles. The second-order valence-corrected chi connectivity index (χ2v) is 3.63. The normalized spacial score (nSPS) is 11.7. The average molecular weight is 261 g/mol. The molecule has 0 bridgehead atoms. The predicted octanol–water partition coefficient (Wildman–Crippen LogP) is 2.50. The first-order valence-electron chi connectivity index (χ1n) is 4.40. The molecule has 90 valence electrons. The van der Waals surface area contributed by atoms with E-state index in [-0.39, 0.29) is 22.2 Å². The largest absolute Gasteiger partial charge is 0.423 e. The fourth-order valence-electron chi connectivity index (χ4n) is 1.26. The first-order valence-corrected chi connectivity index (χ1v) is 4.81. The molecule has 0 unspecified atom stereocenters. The van der Waals surface area contributed by atoms with Crippen molar-refractivity contribution in [3.05, 3.63) is 23.8 Å². The third kappa shape index (κ3) is 2.47. The molecule has 4 nitrogen and oxygen atoms in total.